The first-order valence-electron chi connectivity index (χ1n) is 8.80. The number of anilines is 1. The highest BCUT2D eigenvalue weighted by molar-refractivity contribution is 7.16. The molecule has 0 saturated carbocycles. The Morgan fingerprint density at radius 3 is 2.75 bits per heavy atom. The summed E-state index contributed by atoms with van der Waals surface area (Å²) in [6, 6.07) is 1.11. The van der Waals surface area contributed by atoms with Crippen LogP contribution in [0.25, 0.3) is 15.7 Å². The third kappa shape index (κ3) is 2.78. The number of hydrogen-bond acceptors (Lipinski definition) is 6. The number of thiazole rings is 1. The highest BCUT2D eigenvalue weighted by Crippen LogP contribution is 2.33. The van der Waals surface area contributed by atoms with Crippen molar-refractivity contribution in [2.75, 3.05) is 25.0 Å². The van der Waals surface area contributed by atoms with Gasteiger partial charge in [-0.2, -0.15) is 0 Å². The summed E-state index contributed by atoms with van der Waals surface area (Å²) in [7, 11) is 1.56. The van der Waals surface area contributed by atoms with E-state index >= 15 is 4.39 Å². The van der Waals surface area contributed by atoms with Crippen molar-refractivity contribution in [2.45, 2.75) is 18.9 Å². The number of aromatic nitrogens is 1. The number of carbonyl (C=O) groups is 1. The van der Waals surface area contributed by atoms with Crippen LogP contribution < -0.4 is 10.3 Å². The summed E-state index contributed by atoms with van der Waals surface area (Å²) in [6.45, 7) is 0.950. The van der Waals surface area contributed by atoms with Gasteiger partial charge in [0.05, 0.1) is 22.7 Å². The molecule has 0 aliphatic carbocycles. The number of hydrogen-bond donors (Lipinski definition) is 2. The van der Waals surface area contributed by atoms with Gasteiger partial charge in [-0.15, -0.1) is 11.3 Å². The van der Waals surface area contributed by atoms with E-state index in [2.05, 4.69) is 4.99 Å². The molecule has 0 spiro atoms. The summed E-state index contributed by atoms with van der Waals surface area (Å²) < 4.78 is 16.8. The van der Waals surface area contributed by atoms with E-state index in [0.717, 1.165) is 17.4 Å². The van der Waals surface area contributed by atoms with Crippen molar-refractivity contribution in [2.24, 2.45) is 4.99 Å². The lowest BCUT2D eigenvalue weighted by Gasteiger charge is -2.33. The van der Waals surface area contributed by atoms with Gasteiger partial charge < -0.3 is 19.5 Å². The number of pyridine rings is 1. The normalized spacial score (nSPS) is 15.9. The number of rotatable bonds is 3. The van der Waals surface area contributed by atoms with Crippen LogP contribution in [-0.2, 0) is 0 Å². The molecule has 0 radical (unpaired) electrons. The molecule has 1 saturated heterocycles. The van der Waals surface area contributed by atoms with E-state index in [0.29, 0.717) is 47.5 Å². The Morgan fingerprint density at radius 2 is 2.11 bits per heavy atom. The van der Waals surface area contributed by atoms with Crippen molar-refractivity contribution < 1.29 is 19.4 Å². The first-order valence-corrected chi connectivity index (χ1v) is 9.68. The second kappa shape index (κ2) is 6.99. The molecule has 0 unspecified atom stereocenters. The summed E-state index contributed by atoms with van der Waals surface area (Å²) in [5, 5.41) is 21.0. The fraction of sp³-hybridized carbons (Fsp3) is 0.316. The van der Waals surface area contributed by atoms with Crippen molar-refractivity contribution in [1.29, 1.82) is 0 Å². The largest absolute Gasteiger partial charge is 0.477 e. The molecule has 0 bridgehead atoms. The predicted octanol–water partition coefficient (Wildman–Crippen LogP) is 2.36. The van der Waals surface area contributed by atoms with Gasteiger partial charge in [0, 0.05) is 43.5 Å². The quantitative estimate of drug-likeness (QED) is 0.655. The SMILES string of the molecule is CN=Cc1c(N2CCC(O)CC2)c(F)cc2c(=O)c(C(=O)O)c3sccn3c12. The number of carboxylic acids is 1. The Kier molecular flexibility index (Phi) is 4.64. The zero-order valence-electron chi connectivity index (χ0n) is 15.1. The fourth-order valence-corrected chi connectivity index (χ4v) is 4.68. The summed E-state index contributed by atoms with van der Waals surface area (Å²) in [5.74, 6) is -1.95. The maximum Gasteiger partial charge on any atom is 0.342 e. The van der Waals surface area contributed by atoms with Crippen LogP contribution >= 0.6 is 11.3 Å². The first-order chi connectivity index (χ1) is 13.4. The third-order valence-corrected chi connectivity index (χ3v) is 5.93. The summed E-state index contributed by atoms with van der Waals surface area (Å²) in [5.41, 5.74) is 0.0912. The van der Waals surface area contributed by atoms with Crippen LogP contribution in [0.2, 0.25) is 0 Å². The third-order valence-electron chi connectivity index (χ3n) is 5.05. The van der Waals surface area contributed by atoms with Gasteiger partial charge in [-0.25, -0.2) is 9.18 Å². The molecule has 3 heterocycles. The van der Waals surface area contributed by atoms with E-state index in [9.17, 15) is 19.8 Å². The number of piperidine rings is 1. The van der Waals surface area contributed by atoms with E-state index in [1.165, 1.54) is 6.21 Å². The maximum absolute atomic E-state index is 15.2. The molecule has 1 aromatic carbocycles. The van der Waals surface area contributed by atoms with Crippen LogP contribution in [0.15, 0.2) is 27.4 Å². The molecule has 7 nitrogen and oxygen atoms in total. The van der Waals surface area contributed by atoms with Crippen molar-refractivity contribution in [3.63, 3.8) is 0 Å². The zero-order chi connectivity index (χ0) is 20.0. The Hall–Kier alpha value is -2.78. The molecule has 0 atom stereocenters. The second-order valence-electron chi connectivity index (χ2n) is 6.71. The Balaban J connectivity index is 2.12. The summed E-state index contributed by atoms with van der Waals surface area (Å²) in [4.78, 5) is 30.7. The second-order valence-corrected chi connectivity index (χ2v) is 7.60. The Morgan fingerprint density at radius 1 is 1.39 bits per heavy atom. The lowest BCUT2D eigenvalue weighted by molar-refractivity contribution is 0.0697. The van der Waals surface area contributed by atoms with Crippen LogP contribution in [-0.4, -0.2) is 53.0 Å². The molecule has 1 fully saturated rings. The molecule has 2 aromatic heterocycles. The number of halogens is 1. The molecular weight excluding hydrogens is 385 g/mol. The van der Waals surface area contributed by atoms with Crippen LogP contribution in [0.4, 0.5) is 10.1 Å². The lowest BCUT2D eigenvalue weighted by Crippen LogP contribution is -2.37. The molecule has 3 aromatic rings. The molecule has 9 heteroatoms. The first kappa shape index (κ1) is 18.6. The van der Waals surface area contributed by atoms with Crippen molar-refractivity contribution in [1.82, 2.24) is 4.40 Å². The van der Waals surface area contributed by atoms with E-state index < -0.39 is 23.3 Å². The van der Waals surface area contributed by atoms with Crippen LogP contribution in [0, 0.1) is 5.82 Å². The van der Waals surface area contributed by atoms with Gasteiger partial charge >= 0.3 is 5.97 Å². The molecule has 0 amide bonds. The minimum Gasteiger partial charge on any atom is -0.477 e. The van der Waals surface area contributed by atoms with Crippen molar-refractivity contribution in [3.05, 3.63) is 44.8 Å². The summed E-state index contributed by atoms with van der Waals surface area (Å²) >= 11 is 1.14. The lowest BCUT2D eigenvalue weighted by atomic mass is 10.0. The molecular formula is C19H18FN3O4S. The molecule has 28 heavy (non-hydrogen) atoms. The van der Waals surface area contributed by atoms with Gasteiger partial charge in [0.1, 0.15) is 16.2 Å². The summed E-state index contributed by atoms with van der Waals surface area (Å²) in [6.07, 6.45) is 3.80. The highest BCUT2D eigenvalue weighted by atomic mass is 32.1. The fourth-order valence-electron chi connectivity index (χ4n) is 3.80. The minimum absolute atomic E-state index is 0.00138. The Labute approximate surface area is 163 Å². The van der Waals surface area contributed by atoms with Crippen LogP contribution in [0.5, 0.6) is 0 Å². The monoisotopic (exact) mass is 403 g/mol. The number of aliphatic hydroxyl groups is 1. The number of aromatic carboxylic acids is 1. The van der Waals surface area contributed by atoms with Gasteiger partial charge in [-0.3, -0.25) is 9.79 Å². The average molecular weight is 403 g/mol. The Bertz CT molecular complexity index is 1180. The minimum atomic E-state index is -1.34. The number of benzene rings is 1. The van der Waals surface area contributed by atoms with E-state index in [4.69, 9.17) is 0 Å². The number of aliphatic imine (C=N–C) groups is 1. The van der Waals surface area contributed by atoms with Gasteiger partial charge in [0.25, 0.3) is 0 Å². The van der Waals surface area contributed by atoms with Gasteiger partial charge in [0.2, 0.25) is 5.43 Å². The number of fused-ring (bicyclic) bond motifs is 3. The molecule has 146 valence electrons. The van der Waals surface area contributed by atoms with Crippen molar-refractivity contribution >= 4 is 44.9 Å². The molecule has 1 aliphatic rings. The topological polar surface area (TPSA) is 94.6 Å². The van der Waals surface area contributed by atoms with E-state index in [1.54, 1.807) is 23.0 Å². The standard InChI is InChI=1S/C19H18FN3O4S/c1-21-9-12-15-11(8-13(20)16(12)22-4-2-10(24)3-5-22)17(25)14(19(26)27)18-23(15)6-7-28-18/h6-10,24H,2-5H2,1H3,(H,26,27). The molecule has 2 N–H and O–H groups in total. The van der Waals surface area contributed by atoms with Gasteiger partial charge in [-0.05, 0) is 18.9 Å². The van der Waals surface area contributed by atoms with E-state index in [1.807, 2.05) is 4.90 Å². The van der Waals surface area contributed by atoms with Gasteiger partial charge in [-0.1, -0.05) is 0 Å². The number of nitrogens with zero attached hydrogens (tertiary/aromatic N) is 3. The molecule has 1 aliphatic heterocycles. The smallest absolute Gasteiger partial charge is 0.342 e. The van der Waals surface area contributed by atoms with Crippen LogP contribution in [0.1, 0.15) is 28.8 Å². The number of carboxylic acid groups (broad SMARTS) is 1. The predicted molar refractivity (Wildman–Crippen MR) is 107 cm³/mol. The number of aliphatic hydroxyl groups excluding tert-OH is 1. The maximum atomic E-state index is 15.2. The average Bonchev–Trinajstić information content (AvgIpc) is 3.12. The molecule has 4 rings (SSSR count). The highest BCUT2D eigenvalue weighted by Gasteiger charge is 2.27. The van der Waals surface area contributed by atoms with Crippen LogP contribution in [0.3, 0.4) is 0 Å². The zero-order valence-corrected chi connectivity index (χ0v) is 15.9. The van der Waals surface area contributed by atoms with Gasteiger partial charge in [0.15, 0.2) is 0 Å². The van der Waals surface area contributed by atoms with Crippen molar-refractivity contribution in [3.8, 4) is 0 Å². The van der Waals surface area contributed by atoms with E-state index in [-0.39, 0.29) is 10.9 Å².